The van der Waals surface area contributed by atoms with E-state index < -0.39 is 0 Å². The van der Waals surface area contributed by atoms with Crippen LogP contribution in [0.15, 0.2) is 59.8 Å². The van der Waals surface area contributed by atoms with Crippen molar-refractivity contribution >= 4 is 17.2 Å². The van der Waals surface area contributed by atoms with Gasteiger partial charge < -0.3 is 5.84 Å². The fraction of sp³-hybridized carbons (Fsp3) is 0. The highest BCUT2D eigenvalue weighted by atomic mass is 15.1. The van der Waals surface area contributed by atoms with Gasteiger partial charge >= 0.3 is 0 Å². The Bertz CT molecular complexity index is 732. The van der Waals surface area contributed by atoms with E-state index in [0.29, 0.717) is 0 Å². The van der Waals surface area contributed by atoms with Crippen LogP contribution >= 0.6 is 0 Å². The minimum Gasteiger partial charge on any atom is -0.323 e. The standard InChI is InChI=1S/C15H12N4/c16-18-9-11-5-7-12(8-6-11)15-10-17-13-3-1-2-4-14(13)19-15/h1-10H,16H2. The molecule has 0 atom stereocenters. The lowest BCUT2D eigenvalue weighted by Crippen LogP contribution is -1.90. The van der Waals surface area contributed by atoms with Gasteiger partial charge in [0.05, 0.1) is 29.1 Å². The molecule has 0 saturated heterocycles. The Morgan fingerprint density at radius 3 is 2.42 bits per heavy atom. The number of hydrogen-bond acceptors (Lipinski definition) is 4. The van der Waals surface area contributed by atoms with E-state index >= 15 is 0 Å². The molecule has 0 unspecified atom stereocenters. The monoisotopic (exact) mass is 248 g/mol. The average molecular weight is 248 g/mol. The molecule has 0 aliphatic carbocycles. The largest absolute Gasteiger partial charge is 0.323 e. The summed E-state index contributed by atoms with van der Waals surface area (Å²) in [6.07, 6.45) is 3.39. The Balaban J connectivity index is 2.03. The van der Waals surface area contributed by atoms with Crippen LogP contribution in [0.2, 0.25) is 0 Å². The van der Waals surface area contributed by atoms with Gasteiger partial charge in [0.25, 0.3) is 0 Å². The molecule has 4 nitrogen and oxygen atoms in total. The highest BCUT2D eigenvalue weighted by molar-refractivity contribution is 5.81. The molecule has 4 heteroatoms. The van der Waals surface area contributed by atoms with Crippen molar-refractivity contribution in [2.45, 2.75) is 0 Å². The number of hydrogen-bond donors (Lipinski definition) is 1. The SMILES string of the molecule is NN=Cc1ccc(-c2cnc3ccccc3n2)cc1. The Hall–Kier alpha value is -2.75. The Morgan fingerprint density at radius 1 is 0.947 bits per heavy atom. The van der Waals surface area contributed by atoms with Crippen molar-refractivity contribution in [2.75, 3.05) is 0 Å². The van der Waals surface area contributed by atoms with Gasteiger partial charge in [-0.05, 0) is 17.7 Å². The molecule has 1 heterocycles. The van der Waals surface area contributed by atoms with Crippen molar-refractivity contribution < 1.29 is 0 Å². The second-order valence-corrected chi connectivity index (χ2v) is 4.14. The zero-order valence-electron chi connectivity index (χ0n) is 10.2. The molecule has 0 bridgehead atoms. The second kappa shape index (κ2) is 4.86. The molecule has 3 aromatic rings. The molecule has 0 aliphatic rings. The molecule has 0 saturated carbocycles. The molecule has 3 rings (SSSR count). The molecule has 2 aromatic carbocycles. The highest BCUT2D eigenvalue weighted by Crippen LogP contribution is 2.19. The molecule has 0 radical (unpaired) electrons. The highest BCUT2D eigenvalue weighted by Gasteiger charge is 2.02. The van der Waals surface area contributed by atoms with Crippen LogP contribution in [-0.2, 0) is 0 Å². The molecule has 1 aromatic heterocycles. The predicted molar refractivity (Wildman–Crippen MR) is 76.8 cm³/mol. The molecule has 0 spiro atoms. The number of rotatable bonds is 2. The molecular formula is C15H12N4. The number of aromatic nitrogens is 2. The third kappa shape index (κ3) is 2.28. The van der Waals surface area contributed by atoms with Crippen LogP contribution in [0.4, 0.5) is 0 Å². The fourth-order valence-electron chi connectivity index (χ4n) is 1.92. The van der Waals surface area contributed by atoms with Gasteiger partial charge in [0, 0.05) is 5.56 Å². The van der Waals surface area contributed by atoms with Gasteiger partial charge in [0.15, 0.2) is 0 Å². The quantitative estimate of drug-likeness (QED) is 0.430. The van der Waals surface area contributed by atoms with E-state index in [1.165, 1.54) is 0 Å². The zero-order valence-corrected chi connectivity index (χ0v) is 10.2. The fourth-order valence-corrected chi connectivity index (χ4v) is 1.92. The molecule has 0 amide bonds. The minimum atomic E-state index is 0.856. The van der Waals surface area contributed by atoms with Crippen LogP contribution < -0.4 is 5.84 Å². The van der Waals surface area contributed by atoms with E-state index in [0.717, 1.165) is 27.9 Å². The van der Waals surface area contributed by atoms with Crippen LogP contribution in [0.3, 0.4) is 0 Å². The number of nitrogens with two attached hydrogens (primary N) is 1. The third-order valence-corrected chi connectivity index (χ3v) is 2.88. The van der Waals surface area contributed by atoms with Crippen molar-refractivity contribution in [2.24, 2.45) is 10.9 Å². The first-order valence-electron chi connectivity index (χ1n) is 5.92. The van der Waals surface area contributed by atoms with Crippen LogP contribution in [0.25, 0.3) is 22.3 Å². The van der Waals surface area contributed by atoms with Crippen LogP contribution in [0.1, 0.15) is 5.56 Å². The first kappa shape index (κ1) is 11.3. The number of para-hydroxylation sites is 2. The summed E-state index contributed by atoms with van der Waals surface area (Å²) < 4.78 is 0. The number of benzene rings is 2. The van der Waals surface area contributed by atoms with E-state index in [9.17, 15) is 0 Å². The van der Waals surface area contributed by atoms with Crippen LogP contribution in [0.5, 0.6) is 0 Å². The molecule has 19 heavy (non-hydrogen) atoms. The maximum absolute atomic E-state index is 5.12. The summed E-state index contributed by atoms with van der Waals surface area (Å²) in [5, 5.41) is 3.50. The predicted octanol–water partition coefficient (Wildman–Crippen LogP) is 2.59. The van der Waals surface area contributed by atoms with E-state index in [1.807, 2.05) is 48.5 Å². The maximum Gasteiger partial charge on any atom is 0.0894 e. The first-order valence-corrected chi connectivity index (χ1v) is 5.92. The normalized spacial score (nSPS) is 11.2. The van der Waals surface area contributed by atoms with Crippen LogP contribution in [0, 0.1) is 0 Å². The van der Waals surface area contributed by atoms with Crippen LogP contribution in [-0.4, -0.2) is 16.2 Å². The molecular weight excluding hydrogens is 236 g/mol. The lowest BCUT2D eigenvalue weighted by molar-refractivity contribution is 1.26. The van der Waals surface area contributed by atoms with Gasteiger partial charge in [0.1, 0.15) is 0 Å². The molecule has 2 N–H and O–H groups in total. The Labute approximate surface area is 110 Å². The average Bonchev–Trinajstić information content (AvgIpc) is 2.48. The smallest absolute Gasteiger partial charge is 0.0894 e. The molecule has 92 valence electrons. The maximum atomic E-state index is 5.12. The van der Waals surface area contributed by atoms with Crippen molar-refractivity contribution in [3.63, 3.8) is 0 Å². The van der Waals surface area contributed by atoms with Gasteiger partial charge in [-0.2, -0.15) is 5.10 Å². The van der Waals surface area contributed by atoms with Crippen molar-refractivity contribution in [1.82, 2.24) is 9.97 Å². The summed E-state index contributed by atoms with van der Waals surface area (Å²) in [7, 11) is 0. The number of hydrazone groups is 1. The second-order valence-electron chi connectivity index (χ2n) is 4.14. The topological polar surface area (TPSA) is 64.2 Å². The molecule has 0 aliphatic heterocycles. The first-order chi connectivity index (χ1) is 9.36. The summed E-state index contributed by atoms with van der Waals surface area (Å²) >= 11 is 0. The van der Waals surface area contributed by atoms with Gasteiger partial charge in [0.2, 0.25) is 0 Å². The third-order valence-electron chi connectivity index (χ3n) is 2.88. The lowest BCUT2D eigenvalue weighted by Gasteiger charge is -2.03. The van der Waals surface area contributed by atoms with E-state index in [1.54, 1.807) is 12.4 Å². The Kier molecular flexibility index (Phi) is 2.90. The van der Waals surface area contributed by atoms with Gasteiger partial charge in [-0.1, -0.05) is 36.4 Å². The Morgan fingerprint density at radius 2 is 1.68 bits per heavy atom. The van der Waals surface area contributed by atoms with Gasteiger partial charge in [-0.25, -0.2) is 4.98 Å². The summed E-state index contributed by atoms with van der Waals surface area (Å²) in [6, 6.07) is 15.7. The molecule has 0 fully saturated rings. The summed E-state index contributed by atoms with van der Waals surface area (Å²) in [4.78, 5) is 9.01. The summed E-state index contributed by atoms with van der Waals surface area (Å²) in [5.74, 6) is 5.12. The minimum absolute atomic E-state index is 0.856. The number of fused-ring (bicyclic) bond motifs is 1. The van der Waals surface area contributed by atoms with E-state index in [-0.39, 0.29) is 0 Å². The van der Waals surface area contributed by atoms with Gasteiger partial charge in [-0.15, -0.1) is 0 Å². The van der Waals surface area contributed by atoms with Crippen molar-refractivity contribution in [1.29, 1.82) is 0 Å². The zero-order chi connectivity index (χ0) is 13.1. The van der Waals surface area contributed by atoms with Crippen molar-refractivity contribution in [3.8, 4) is 11.3 Å². The van der Waals surface area contributed by atoms with E-state index in [2.05, 4.69) is 15.1 Å². The van der Waals surface area contributed by atoms with E-state index in [4.69, 9.17) is 5.84 Å². The van der Waals surface area contributed by atoms with Gasteiger partial charge in [-0.3, -0.25) is 4.98 Å². The lowest BCUT2D eigenvalue weighted by atomic mass is 10.1. The summed E-state index contributed by atoms with van der Waals surface area (Å²) in [5.41, 5.74) is 4.63. The summed E-state index contributed by atoms with van der Waals surface area (Å²) in [6.45, 7) is 0. The number of nitrogens with zero attached hydrogens (tertiary/aromatic N) is 3. The van der Waals surface area contributed by atoms with Crippen molar-refractivity contribution in [3.05, 3.63) is 60.3 Å².